The van der Waals surface area contributed by atoms with Crippen molar-refractivity contribution in [1.82, 2.24) is 9.97 Å². The molecule has 3 aromatic carbocycles. The fourth-order valence-corrected chi connectivity index (χ4v) is 2.80. The number of ether oxygens (including phenoxy) is 1. The Bertz CT molecular complexity index is 1210. The summed E-state index contributed by atoms with van der Waals surface area (Å²) < 4.78 is 45.1. The maximum Gasteiger partial charge on any atom is 0.321 e. The molecule has 0 fully saturated rings. The molecule has 0 unspecified atom stereocenters. The molecule has 0 saturated carbocycles. The molecule has 154 valence electrons. The Morgan fingerprint density at radius 2 is 1.45 bits per heavy atom. The molecule has 1 heterocycles. The van der Waals surface area contributed by atoms with Crippen LogP contribution in [-0.2, 0) is 0 Å². The van der Waals surface area contributed by atoms with E-state index in [2.05, 4.69) is 15.3 Å². The highest BCUT2D eigenvalue weighted by molar-refractivity contribution is 6.04. The van der Waals surface area contributed by atoms with Gasteiger partial charge in [0.1, 0.15) is 23.2 Å². The predicted molar refractivity (Wildman–Crippen MR) is 108 cm³/mol. The van der Waals surface area contributed by atoms with Crippen LogP contribution >= 0.6 is 0 Å². The van der Waals surface area contributed by atoms with Gasteiger partial charge in [-0.15, -0.1) is 0 Å². The minimum atomic E-state index is -0.788. The van der Waals surface area contributed by atoms with E-state index in [0.29, 0.717) is 16.9 Å². The normalized spacial score (nSPS) is 10.5. The van der Waals surface area contributed by atoms with Crippen molar-refractivity contribution < 1.29 is 22.7 Å². The van der Waals surface area contributed by atoms with E-state index in [4.69, 9.17) is 4.74 Å². The fourth-order valence-electron chi connectivity index (χ4n) is 2.80. The number of hydrogen-bond acceptors (Lipinski definition) is 4. The molecular weight excluding hydrogens is 407 g/mol. The number of amides is 1. The van der Waals surface area contributed by atoms with E-state index in [9.17, 15) is 18.0 Å². The van der Waals surface area contributed by atoms with Crippen LogP contribution in [0.4, 0.5) is 18.9 Å². The molecule has 0 saturated heterocycles. The van der Waals surface area contributed by atoms with Gasteiger partial charge in [-0.1, -0.05) is 12.1 Å². The lowest BCUT2D eigenvalue weighted by atomic mass is 10.1. The quantitative estimate of drug-likeness (QED) is 0.455. The Kier molecular flexibility index (Phi) is 5.61. The molecule has 0 aliphatic heterocycles. The zero-order valence-corrected chi connectivity index (χ0v) is 15.9. The first-order valence-corrected chi connectivity index (χ1v) is 9.10. The Balaban J connectivity index is 1.49. The number of benzene rings is 3. The van der Waals surface area contributed by atoms with E-state index in [0.717, 1.165) is 18.2 Å². The molecule has 4 rings (SSSR count). The van der Waals surface area contributed by atoms with Crippen molar-refractivity contribution in [3.05, 3.63) is 102 Å². The monoisotopic (exact) mass is 421 g/mol. The fraction of sp³-hybridized carbons (Fsp3) is 0. The number of hydrogen-bond donors (Lipinski definition) is 1. The third kappa shape index (κ3) is 5.05. The molecule has 0 spiro atoms. The van der Waals surface area contributed by atoms with Crippen LogP contribution in [0, 0.1) is 17.5 Å². The van der Waals surface area contributed by atoms with Crippen molar-refractivity contribution in [2.24, 2.45) is 0 Å². The van der Waals surface area contributed by atoms with Crippen LogP contribution in [0.1, 0.15) is 10.4 Å². The number of rotatable bonds is 5. The second kappa shape index (κ2) is 8.66. The number of nitrogens with one attached hydrogen (secondary N) is 1. The van der Waals surface area contributed by atoms with Crippen LogP contribution in [0.2, 0.25) is 0 Å². The van der Waals surface area contributed by atoms with Gasteiger partial charge in [-0.25, -0.2) is 23.1 Å². The highest BCUT2D eigenvalue weighted by Gasteiger charge is 2.10. The highest BCUT2D eigenvalue weighted by Crippen LogP contribution is 2.23. The summed E-state index contributed by atoms with van der Waals surface area (Å²) in [6.07, 6.45) is 3.04. The number of aromatic nitrogens is 2. The maximum absolute atomic E-state index is 13.3. The third-order valence-electron chi connectivity index (χ3n) is 4.23. The van der Waals surface area contributed by atoms with Gasteiger partial charge in [0.2, 0.25) is 0 Å². The van der Waals surface area contributed by atoms with Gasteiger partial charge in [-0.05, 0) is 54.1 Å². The van der Waals surface area contributed by atoms with Gasteiger partial charge in [0.05, 0.1) is 0 Å². The van der Waals surface area contributed by atoms with E-state index in [-0.39, 0.29) is 23.1 Å². The molecule has 1 aromatic heterocycles. The number of anilines is 1. The molecule has 4 aromatic rings. The molecule has 0 radical (unpaired) electrons. The lowest BCUT2D eigenvalue weighted by Gasteiger charge is -2.08. The van der Waals surface area contributed by atoms with Crippen LogP contribution in [0.5, 0.6) is 11.8 Å². The summed E-state index contributed by atoms with van der Waals surface area (Å²) >= 11 is 0. The van der Waals surface area contributed by atoms with Gasteiger partial charge >= 0.3 is 6.01 Å². The maximum atomic E-state index is 13.3. The van der Waals surface area contributed by atoms with E-state index in [1.165, 1.54) is 36.7 Å². The minimum absolute atomic E-state index is 0.0125. The molecule has 5 nitrogen and oxygen atoms in total. The van der Waals surface area contributed by atoms with Crippen LogP contribution < -0.4 is 10.1 Å². The second-order valence-electron chi connectivity index (χ2n) is 6.50. The molecule has 0 aliphatic carbocycles. The van der Waals surface area contributed by atoms with Crippen molar-refractivity contribution in [2.45, 2.75) is 0 Å². The van der Waals surface area contributed by atoms with Crippen LogP contribution in [0.25, 0.3) is 11.1 Å². The van der Waals surface area contributed by atoms with E-state index in [1.807, 2.05) is 0 Å². The van der Waals surface area contributed by atoms with E-state index in [1.54, 1.807) is 24.3 Å². The first kappa shape index (κ1) is 20.1. The molecule has 0 atom stereocenters. The standard InChI is InChI=1S/C23H14F3N3O2/c24-17-4-6-21(7-5-17)31-23-27-12-16(13-28-23)14-2-1-3-15(8-14)22(30)29-20-10-18(25)9-19(26)11-20/h1-13H,(H,29,30). The summed E-state index contributed by atoms with van der Waals surface area (Å²) in [6, 6.07) is 14.9. The van der Waals surface area contributed by atoms with Gasteiger partial charge in [0.15, 0.2) is 0 Å². The van der Waals surface area contributed by atoms with Crippen molar-refractivity contribution in [3.8, 4) is 22.9 Å². The summed E-state index contributed by atoms with van der Waals surface area (Å²) in [5.74, 6) is -2.09. The zero-order chi connectivity index (χ0) is 21.8. The largest absolute Gasteiger partial charge is 0.424 e. The zero-order valence-electron chi connectivity index (χ0n) is 15.9. The summed E-state index contributed by atoms with van der Waals surface area (Å²) in [7, 11) is 0. The van der Waals surface area contributed by atoms with Gasteiger partial charge in [-0.2, -0.15) is 0 Å². The molecule has 8 heteroatoms. The molecule has 0 bridgehead atoms. The third-order valence-corrected chi connectivity index (χ3v) is 4.23. The van der Waals surface area contributed by atoms with E-state index >= 15 is 0 Å². The van der Waals surface area contributed by atoms with Gasteiger partial charge in [-0.3, -0.25) is 4.79 Å². The Labute approximate surface area is 175 Å². The van der Waals surface area contributed by atoms with Gasteiger partial charge in [0.25, 0.3) is 5.91 Å². The average molecular weight is 421 g/mol. The highest BCUT2D eigenvalue weighted by atomic mass is 19.1. The van der Waals surface area contributed by atoms with Crippen molar-refractivity contribution in [3.63, 3.8) is 0 Å². The molecular formula is C23H14F3N3O2. The number of carbonyl (C=O) groups is 1. The number of carbonyl (C=O) groups excluding carboxylic acids is 1. The molecule has 0 aliphatic rings. The Morgan fingerprint density at radius 1 is 0.774 bits per heavy atom. The summed E-state index contributed by atoms with van der Waals surface area (Å²) in [5, 5.41) is 2.46. The van der Waals surface area contributed by atoms with Crippen LogP contribution in [0.3, 0.4) is 0 Å². The summed E-state index contributed by atoms with van der Waals surface area (Å²) in [6.45, 7) is 0. The van der Waals surface area contributed by atoms with Crippen molar-refractivity contribution in [2.75, 3.05) is 5.32 Å². The Hall–Kier alpha value is -4.20. The van der Waals surface area contributed by atoms with E-state index < -0.39 is 17.5 Å². The Morgan fingerprint density at radius 3 is 2.13 bits per heavy atom. The van der Waals surface area contributed by atoms with Crippen molar-refractivity contribution in [1.29, 1.82) is 0 Å². The van der Waals surface area contributed by atoms with Crippen molar-refractivity contribution >= 4 is 11.6 Å². The average Bonchev–Trinajstić information content (AvgIpc) is 2.75. The SMILES string of the molecule is O=C(Nc1cc(F)cc(F)c1)c1cccc(-c2cnc(Oc3ccc(F)cc3)nc2)c1. The van der Waals surface area contributed by atoms with Crippen LogP contribution in [-0.4, -0.2) is 15.9 Å². The van der Waals surface area contributed by atoms with Crippen LogP contribution in [0.15, 0.2) is 79.1 Å². The first-order chi connectivity index (χ1) is 15.0. The molecule has 1 N–H and O–H groups in total. The first-order valence-electron chi connectivity index (χ1n) is 9.10. The predicted octanol–water partition coefficient (Wildman–Crippen LogP) is 5.61. The van der Waals surface area contributed by atoms with Gasteiger partial charge < -0.3 is 10.1 Å². The molecule has 31 heavy (non-hydrogen) atoms. The second-order valence-corrected chi connectivity index (χ2v) is 6.50. The summed E-state index contributed by atoms with van der Waals surface area (Å²) in [4.78, 5) is 20.7. The summed E-state index contributed by atoms with van der Waals surface area (Å²) in [5.41, 5.74) is 1.58. The smallest absolute Gasteiger partial charge is 0.321 e. The minimum Gasteiger partial charge on any atom is -0.424 e. The molecule has 1 amide bonds. The lowest BCUT2D eigenvalue weighted by Crippen LogP contribution is -2.12. The number of nitrogens with zero attached hydrogens (tertiary/aromatic N) is 2. The van der Waals surface area contributed by atoms with Gasteiger partial charge in [0, 0.05) is 35.3 Å². The number of halogens is 3. The topological polar surface area (TPSA) is 64.1 Å². The lowest BCUT2D eigenvalue weighted by molar-refractivity contribution is 0.102.